The molecule has 1 saturated carbocycles. The van der Waals surface area contributed by atoms with E-state index in [9.17, 15) is 26.4 Å². The van der Waals surface area contributed by atoms with Crippen LogP contribution in [0.4, 0.5) is 13.2 Å². The predicted octanol–water partition coefficient (Wildman–Crippen LogP) is 2.21. The first-order valence-electron chi connectivity index (χ1n) is 7.68. The molecular formula is C15H19F3N2O4S. The van der Waals surface area contributed by atoms with Crippen LogP contribution in [0.1, 0.15) is 36.0 Å². The van der Waals surface area contributed by atoms with Gasteiger partial charge >= 0.3 is 6.18 Å². The summed E-state index contributed by atoms with van der Waals surface area (Å²) in [5.74, 6) is -1.00. The Morgan fingerprint density at radius 1 is 1.28 bits per heavy atom. The summed E-state index contributed by atoms with van der Waals surface area (Å²) in [4.78, 5) is 11.6. The van der Waals surface area contributed by atoms with Crippen LogP contribution in [0.2, 0.25) is 0 Å². The summed E-state index contributed by atoms with van der Waals surface area (Å²) >= 11 is 0. The van der Waals surface area contributed by atoms with Gasteiger partial charge < -0.3 is 10.1 Å². The Hall–Kier alpha value is -1.81. The molecule has 2 N–H and O–H groups in total. The molecule has 0 spiro atoms. The zero-order valence-corrected chi connectivity index (χ0v) is 14.3. The maximum absolute atomic E-state index is 12.6. The van der Waals surface area contributed by atoms with Gasteiger partial charge in [0.1, 0.15) is 17.2 Å². The summed E-state index contributed by atoms with van der Waals surface area (Å²) in [6, 6.07) is 3.27. The molecule has 6 nitrogen and oxygen atoms in total. The molecule has 1 aliphatic carbocycles. The number of ether oxygens (including phenoxy) is 1. The lowest BCUT2D eigenvalue weighted by Crippen LogP contribution is -2.34. The first-order chi connectivity index (χ1) is 11.6. The van der Waals surface area contributed by atoms with E-state index in [4.69, 9.17) is 4.74 Å². The molecule has 0 atom stereocenters. The Labute approximate surface area is 143 Å². The van der Waals surface area contributed by atoms with Crippen LogP contribution >= 0.6 is 0 Å². The number of nitrogens with one attached hydrogen (secondary N) is 2. The lowest BCUT2D eigenvalue weighted by Gasteiger charge is -2.16. The van der Waals surface area contributed by atoms with Gasteiger partial charge in [-0.1, -0.05) is 12.8 Å². The Morgan fingerprint density at radius 2 is 1.92 bits per heavy atom. The molecule has 0 bridgehead atoms. The highest BCUT2D eigenvalue weighted by Crippen LogP contribution is 2.27. The summed E-state index contributed by atoms with van der Waals surface area (Å²) in [5, 5.41) is 1.71. The van der Waals surface area contributed by atoms with Crippen LogP contribution in [0.3, 0.4) is 0 Å². The molecule has 0 radical (unpaired) electrons. The summed E-state index contributed by atoms with van der Waals surface area (Å²) in [7, 11) is -2.69. The van der Waals surface area contributed by atoms with Gasteiger partial charge in [-0.25, -0.2) is 13.1 Å². The number of amides is 1. The van der Waals surface area contributed by atoms with Gasteiger partial charge in [0.25, 0.3) is 5.91 Å². The normalized spacial score (nSPS) is 16.0. The molecule has 10 heteroatoms. The number of hydrogen-bond acceptors (Lipinski definition) is 4. The van der Waals surface area contributed by atoms with Gasteiger partial charge in [-0.15, -0.1) is 0 Å². The molecule has 25 heavy (non-hydrogen) atoms. The number of sulfonamides is 1. The quantitative estimate of drug-likeness (QED) is 0.793. The van der Waals surface area contributed by atoms with Gasteiger partial charge in [-0.2, -0.15) is 13.2 Å². The molecule has 0 heterocycles. The Balaban J connectivity index is 2.25. The third-order valence-electron chi connectivity index (χ3n) is 3.84. The van der Waals surface area contributed by atoms with E-state index in [-0.39, 0.29) is 22.3 Å². The maximum Gasteiger partial charge on any atom is 0.405 e. The highest BCUT2D eigenvalue weighted by molar-refractivity contribution is 7.89. The molecule has 0 saturated heterocycles. The fraction of sp³-hybridized carbons (Fsp3) is 0.533. The van der Waals surface area contributed by atoms with Crippen molar-refractivity contribution in [3.63, 3.8) is 0 Å². The number of hydrogen-bond donors (Lipinski definition) is 2. The topological polar surface area (TPSA) is 84.5 Å². The fourth-order valence-electron chi connectivity index (χ4n) is 2.64. The molecule has 1 fully saturated rings. The zero-order valence-electron chi connectivity index (χ0n) is 13.5. The average Bonchev–Trinajstić information content (AvgIpc) is 3.03. The van der Waals surface area contributed by atoms with Crippen LogP contribution in [0.5, 0.6) is 5.75 Å². The highest BCUT2D eigenvalue weighted by Gasteiger charge is 2.29. The molecule has 2 rings (SSSR count). The number of carbonyl (C=O) groups is 1. The number of methoxy groups -OCH3 is 1. The number of rotatable bonds is 6. The Kier molecular flexibility index (Phi) is 5.94. The predicted molar refractivity (Wildman–Crippen MR) is 84.0 cm³/mol. The third kappa shape index (κ3) is 5.33. The lowest BCUT2D eigenvalue weighted by atomic mass is 10.2. The van der Waals surface area contributed by atoms with Gasteiger partial charge in [0, 0.05) is 11.6 Å². The second kappa shape index (κ2) is 7.61. The smallest absolute Gasteiger partial charge is 0.405 e. The van der Waals surface area contributed by atoms with E-state index in [2.05, 4.69) is 4.72 Å². The van der Waals surface area contributed by atoms with E-state index in [0.717, 1.165) is 18.9 Å². The van der Waals surface area contributed by atoms with Crippen LogP contribution in [0, 0.1) is 0 Å². The monoisotopic (exact) mass is 380 g/mol. The van der Waals surface area contributed by atoms with Crippen LogP contribution in [0.15, 0.2) is 23.1 Å². The SMILES string of the molecule is COc1ccc(C(=O)NCC(F)(F)F)cc1S(=O)(=O)NC1CCCC1. The van der Waals surface area contributed by atoms with Gasteiger partial charge in [-0.3, -0.25) is 4.79 Å². The second-order valence-electron chi connectivity index (χ2n) is 5.77. The van der Waals surface area contributed by atoms with Crippen LogP contribution < -0.4 is 14.8 Å². The molecule has 1 aliphatic rings. The second-order valence-corrected chi connectivity index (χ2v) is 7.45. The Bertz CT molecular complexity index is 729. The van der Waals surface area contributed by atoms with Gasteiger partial charge in [0.15, 0.2) is 0 Å². The summed E-state index contributed by atoms with van der Waals surface area (Å²) in [5.41, 5.74) is -0.197. The molecule has 0 aromatic heterocycles. The molecular weight excluding hydrogens is 361 g/mol. The van der Waals surface area contributed by atoms with Crippen molar-refractivity contribution >= 4 is 15.9 Å². The van der Waals surface area contributed by atoms with E-state index in [1.165, 1.54) is 19.2 Å². The molecule has 140 valence electrons. The minimum absolute atomic E-state index is 0.0119. The average molecular weight is 380 g/mol. The van der Waals surface area contributed by atoms with Crippen molar-refractivity contribution in [1.82, 2.24) is 10.0 Å². The lowest BCUT2D eigenvalue weighted by molar-refractivity contribution is -0.123. The molecule has 0 aliphatic heterocycles. The third-order valence-corrected chi connectivity index (χ3v) is 5.38. The number of benzene rings is 1. The van der Waals surface area contributed by atoms with Crippen molar-refractivity contribution in [3.8, 4) is 5.75 Å². The van der Waals surface area contributed by atoms with Gasteiger partial charge in [0.05, 0.1) is 7.11 Å². The van der Waals surface area contributed by atoms with Crippen molar-refractivity contribution in [2.45, 2.75) is 42.8 Å². The minimum Gasteiger partial charge on any atom is -0.495 e. The van der Waals surface area contributed by atoms with Crippen molar-refractivity contribution in [2.75, 3.05) is 13.7 Å². The van der Waals surface area contributed by atoms with E-state index < -0.39 is 28.7 Å². The van der Waals surface area contributed by atoms with Crippen molar-refractivity contribution in [3.05, 3.63) is 23.8 Å². The number of carbonyl (C=O) groups excluding carboxylic acids is 1. The molecule has 1 aromatic carbocycles. The maximum atomic E-state index is 12.6. The van der Waals surface area contributed by atoms with Crippen molar-refractivity contribution in [1.29, 1.82) is 0 Å². The van der Waals surface area contributed by atoms with Crippen molar-refractivity contribution < 1.29 is 31.1 Å². The minimum atomic E-state index is -4.55. The van der Waals surface area contributed by atoms with Crippen LogP contribution in [-0.4, -0.2) is 40.2 Å². The summed E-state index contributed by atoms with van der Waals surface area (Å²) in [6.07, 6.45) is -1.28. The first-order valence-corrected chi connectivity index (χ1v) is 9.16. The van der Waals surface area contributed by atoms with Gasteiger partial charge in [-0.05, 0) is 31.0 Å². The number of halogens is 3. The largest absolute Gasteiger partial charge is 0.495 e. The van der Waals surface area contributed by atoms with Crippen LogP contribution in [0.25, 0.3) is 0 Å². The number of alkyl halides is 3. The molecule has 0 unspecified atom stereocenters. The highest BCUT2D eigenvalue weighted by atomic mass is 32.2. The molecule has 1 aromatic rings. The standard InChI is InChI=1S/C15H19F3N2O4S/c1-24-12-7-6-10(14(21)19-9-15(16,17)18)8-13(12)25(22,23)20-11-4-2-3-5-11/h6-8,11,20H,2-5,9H2,1H3,(H,19,21). The van der Waals surface area contributed by atoms with E-state index >= 15 is 0 Å². The summed E-state index contributed by atoms with van der Waals surface area (Å²) in [6.45, 7) is -1.50. The fourth-order valence-corrected chi connectivity index (χ4v) is 4.14. The first kappa shape index (κ1) is 19.5. The van der Waals surface area contributed by atoms with E-state index in [1.54, 1.807) is 5.32 Å². The van der Waals surface area contributed by atoms with Gasteiger partial charge in [0.2, 0.25) is 10.0 Å². The van der Waals surface area contributed by atoms with Crippen LogP contribution in [-0.2, 0) is 10.0 Å². The molecule has 1 amide bonds. The zero-order chi connectivity index (χ0) is 18.7. The summed E-state index contributed by atoms with van der Waals surface area (Å²) < 4.78 is 69.3. The van der Waals surface area contributed by atoms with E-state index in [0.29, 0.717) is 12.8 Å². The van der Waals surface area contributed by atoms with Crippen molar-refractivity contribution in [2.24, 2.45) is 0 Å². The van der Waals surface area contributed by atoms with E-state index in [1.807, 2.05) is 0 Å². The Morgan fingerprint density at radius 3 is 2.48 bits per heavy atom.